The van der Waals surface area contributed by atoms with Gasteiger partial charge in [0.2, 0.25) is 0 Å². The molecular formula is C12H16N2O. The molecule has 2 rings (SSSR count). The minimum absolute atomic E-state index is 0.0128. The van der Waals surface area contributed by atoms with Gasteiger partial charge >= 0.3 is 0 Å². The summed E-state index contributed by atoms with van der Waals surface area (Å²) in [5.74, 6) is 0.200. The minimum atomic E-state index is -0.148. The quantitative estimate of drug-likeness (QED) is 0.753. The smallest absolute Gasteiger partial charge is 0.155 e. The number of hydrogen-bond donors (Lipinski definition) is 2. The summed E-state index contributed by atoms with van der Waals surface area (Å²) in [6.07, 6.45) is 1.37. The molecule has 3 nitrogen and oxygen atoms in total. The lowest BCUT2D eigenvalue weighted by Crippen LogP contribution is -2.43. The molecule has 0 bridgehead atoms. The maximum Gasteiger partial charge on any atom is 0.155 e. The van der Waals surface area contributed by atoms with Crippen LogP contribution in [0.25, 0.3) is 0 Å². The van der Waals surface area contributed by atoms with E-state index in [1.807, 2.05) is 30.3 Å². The van der Waals surface area contributed by atoms with E-state index in [1.54, 1.807) is 0 Å². The highest BCUT2D eigenvalue weighted by Crippen LogP contribution is 2.09. The summed E-state index contributed by atoms with van der Waals surface area (Å²) in [7, 11) is 0. The van der Waals surface area contributed by atoms with Crippen LogP contribution in [0.4, 0.5) is 0 Å². The summed E-state index contributed by atoms with van der Waals surface area (Å²) in [5.41, 5.74) is 6.91. The zero-order valence-corrected chi connectivity index (χ0v) is 8.65. The first kappa shape index (κ1) is 10.3. The van der Waals surface area contributed by atoms with E-state index in [-0.39, 0.29) is 17.9 Å². The van der Waals surface area contributed by atoms with Crippen LogP contribution in [0.1, 0.15) is 12.0 Å². The van der Waals surface area contributed by atoms with Crippen molar-refractivity contribution in [2.45, 2.75) is 24.9 Å². The van der Waals surface area contributed by atoms with Gasteiger partial charge in [0.15, 0.2) is 5.78 Å². The van der Waals surface area contributed by atoms with E-state index in [0.717, 1.165) is 18.5 Å². The molecule has 1 aliphatic heterocycles. The fourth-order valence-corrected chi connectivity index (χ4v) is 1.98. The van der Waals surface area contributed by atoms with Crippen molar-refractivity contribution in [3.63, 3.8) is 0 Å². The molecule has 0 aromatic heterocycles. The van der Waals surface area contributed by atoms with Crippen LogP contribution in [0, 0.1) is 0 Å². The first-order chi connectivity index (χ1) is 7.27. The van der Waals surface area contributed by atoms with Gasteiger partial charge in [-0.05, 0) is 18.5 Å². The molecule has 2 unspecified atom stereocenters. The number of benzene rings is 1. The number of Topliss-reactive ketones (excluding diaryl/α,β-unsaturated/α-hetero) is 1. The normalized spacial score (nSPS) is 25.4. The molecule has 0 saturated carbocycles. The maximum atomic E-state index is 11.9. The second-order valence-electron chi connectivity index (χ2n) is 4.01. The van der Waals surface area contributed by atoms with Gasteiger partial charge in [-0.1, -0.05) is 30.3 Å². The molecule has 1 aliphatic rings. The second-order valence-corrected chi connectivity index (χ2v) is 4.01. The van der Waals surface area contributed by atoms with Crippen LogP contribution in [0.15, 0.2) is 30.3 Å². The van der Waals surface area contributed by atoms with Crippen molar-refractivity contribution in [2.75, 3.05) is 6.54 Å². The van der Waals surface area contributed by atoms with Gasteiger partial charge in [-0.25, -0.2) is 0 Å². The van der Waals surface area contributed by atoms with Crippen LogP contribution in [-0.2, 0) is 11.2 Å². The first-order valence-electron chi connectivity index (χ1n) is 5.33. The zero-order valence-electron chi connectivity index (χ0n) is 8.65. The summed E-state index contributed by atoms with van der Waals surface area (Å²) in [6, 6.07) is 9.63. The van der Waals surface area contributed by atoms with Crippen LogP contribution < -0.4 is 11.1 Å². The van der Waals surface area contributed by atoms with Crippen LogP contribution in [0.3, 0.4) is 0 Å². The Labute approximate surface area is 89.7 Å². The fourth-order valence-electron chi connectivity index (χ4n) is 1.98. The van der Waals surface area contributed by atoms with E-state index >= 15 is 0 Å². The summed E-state index contributed by atoms with van der Waals surface area (Å²) < 4.78 is 0. The molecule has 3 N–H and O–H groups in total. The number of nitrogens with one attached hydrogen (secondary N) is 1. The molecule has 1 heterocycles. The second kappa shape index (κ2) is 4.55. The molecule has 80 valence electrons. The average Bonchev–Trinajstić information content (AvgIpc) is 2.66. The molecule has 2 atom stereocenters. The van der Waals surface area contributed by atoms with Gasteiger partial charge in [-0.15, -0.1) is 0 Å². The highest BCUT2D eigenvalue weighted by molar-refractivity contribution is 5.87. The van der Waals surface area contributed by atoms with Gasteiger partial charge in [0.05, 0.1) is 6.04 Å². The number of ketones is 1. The van der Waals surface area contributed by atoms with Crippen LogP contribution in [-0.4, -0.2) is 24.4 Å². The Hall–Kier alpha value is -1.19. The largest absolute Gasteiger partial charge is 0.326 e. The number of hydrogen-bond acceptors (Lipinski definition) is 3. The predicted octanol–water partition coefficient (Wildman–Crippen LogP) is 0.487. The highest BCUT2D eigenvalue weighted by atomic mass is 16.1. The predicted molar refractivity (Wildman–Crippen MR) is 59.5 cm³/mol. The molecule has 1 fully saturated rings. The first-order valence-corrected chi connectivity index (χ1v) is 5.33. The third-order valence-electron chi connectivity index (χ3n) is 2.84. The van der Waals surface area contributed by atoms with Crippen molar-refractivity contribution in [1.29, 1.82) is 0 Å². The molecule has 0 radical (unpaired) electrons. The van der Waals surface area contributed by atoms with E-state index in [0.29, 0.717) is 6.42 Å². The van der Waals surface area contributed by atoms with Gasteiger partial charge in [-0.3, -0.25) is 4.79 Å². The summed E-state index contributed by atoms with van der Waals surface area (Å²) in [4.78, 5) is 11.9. The molecule has 1 aromatic carbocycles. The van der Waals surface area contributed by atoms with Crippen molar-refractivity contribution in [3.05, 3.63) is 35.9 Å². The zero-order chi connectivity index (χ0) is 10.7. The van der Waals surface area contributed by atoms with E-state index in [1.165, 1.54) is 0 Å². The Morgan fingerprint density at radius 2 is 2.13 bits per heavy atom. The van der Waals surface area contributed by atoms with Crippen molar-refractivity contribution in [3.8, 4) is 0 Å². The summed E-state index contributed by atoms with van der Waals surface area (Å²) in [6.45, 7) is 0.854. The number of carbonyl (C=O) groups is 1. The lowest BCUT2D eigenvalue weighted by Gasteiger charge is -2.13. The molecular weight excluding hydrogens is 188 g/mol. The van der Waals surface area contributed by atoms with Crippen molar-refractivity contribution in [1.82, 2.24) is 5.32 Å². The lowest BCUT2D eigenvalue weighted by atomic mass is 10.00. The average molecular weight is 204 g/mol. The number of carbonyl (C=O) groups excluding carboxylic acids is 1. The van der Waals surface area contributed by atoms with Gasteiger partial charge in [0.1, 0.15) is 0 Å². The number of nitrogens with two attached hydrogens (primary N) is 1. The van der Waals surface area contributed by atoms with Gasteiger partial charge < -0.3 is 11.1 Å². The molecule has 0 amide bonds. The Morgan fingerprint density at radius 3 is 2.73 bits per heavy atom. The standard InChI is InChI=1S/C12H16N2O/c13-10-6-7-14-12(10)11(15)8-9-4-2-1-3-5-9/h1-5,10,12,14H,6-8,13H2. The van der Waals surface area contributed by atoms with Crippen molar-refractivity contribution in [2.24, 2.45) is 5.73 Å². The summed E-state index contributed by atoms with van der Waals surface area (Å²) >= 11 is 0. The van der Waals surface area contributed by atoms with Crippen LogP contribution in [0.5, 0.6) is 0 Å². The SMILES string of the molecule is NC1CCNC1C(=O)Cc1ccccc1. The Balaban J connectivity index is 1.98. The van der Waals surface area contributed by atoms with Gasteiger partial charge in [-0.2, -0.15) is 0 Å². The third-order valence-corrected chi connectivity index (χ3v) is 2.84. The molecule has 1 aromatic rings. The molecule has 0 spiro atoms. The lowest BCUT2D eigenvalue weighted by molar-refractivity contribution is -0.120. The van der Waals surface area contributed by atoms with Gasteiger partial charge in [0.25, 0.3) is 0 Å². The molecule has 1 saturated heterocycles. The van der Waals surface area contributed by atoms with Crippen molar-refractivity contribution >= 4 is 5.78 Å². The Kier molecular flexibility index (Phi) is 3.14. The highest BCUT2D eigenvalue weighted by Gasteiger charge is 2.29. The third kappa shape index (κ3) is 2.43. The monoisotopic (exact) mass is 204 g/mol. The minimum Gasteiger partial charge on any atom is -0.326 e. The summed E-state index contributed by atoms with van der Waals surface area (Å²) in [5, 5.41) is 3.15. The molecule has 3 heteroatoms. The fraction of sp³-hybridized carbons (Fsp3) is 0.417. The van der Waals surface area contributed by atoms with Crippen LogP contribution in [0.2, 0.25) is 0 Å². The Bertz CT molecular complexity index is 337. The van der Waals surface area contributed by atoms with E-state index in [2.05, 4.69) is 5.32 Å². The van der Waals surface area contributed by atoms with E-state index in [4.69, 9.17) is 5.73 Å². The maximum absolute atomic E-state index is 11.9. The van der Waals surface area contributed by atoms with Gasteiger partial charge in [0, 0.05) is 12.5 Å². The van der Waals surface area contributed by atoms with Crippen molar-refractivity contribution < 1.29 is 4.79 Å². The van der Waals surface area contributed by atoms with Crippen LogP contribution >= 0.6 is 0 Å². The van der Waals surface area contributed by atoms with E-state index < -0.39 is 0 Å². The number of rotatable bonds is 3. The Morgan fingerprint density at radius 1 is 1.40 bits per heavy atom. The van der Waals surface area contributed by atoms with E-state index in [9.17, 15) is 4.79 Å². The topological polar surface area (TPSA) is 55.1 Å². The molecule has 0 aliphatic carbocycles. The molecule has 15 heavy (non-hydrogen) atoms.